The van der Waals surface area contributed by atoms with Crippen molar-refractivity contribution in [2.45, 2.75) is 0 Å². The van der Waals surface area contributed by atoms with Gasteiger partial charge < -0.3 is 0 Å². The quantitative estimate of drug-likeness (QED) is 0.327. The molecule has 5 rings (SSSR count). The summed E-state index contributed by atoms with van der Waals surface area (Å²) in [5.74, 6) is 0. The highest BCUT2D eigenvalue weighted by molar-refractivity contribution is 7.19. The van der Waals surface area contributed by atoms with Crippen LogP contribution in [0.5, 0.6) is 0 Å². The summed E-state index contributed by atoms with van der Waals surface area (Å²) < 4.78 is 1.89. The summed E-state index contributed by atoms with van der Waals surface area (Å²) in [6.45, 7) is 0. The molecular formula is C29H27BN2. The largest absolute Gasteiger partial charge is 0.285 e. The Morgan fingerprint density at radius 2 is 0.844 bits per heavy atom. The Balaban J connectivity index is 0.000000300. The molecule has 0 atom stereocenters. The fraction of sp³-hybridized carbons (Fsp3) is 0.0345. The zero-order valence-corrected chi connectivity index (χ0v) is 18.3. The third-order valence-corrected chi connectivity index (χ3v) is 5.94. The van der Waals surface area contributed by atoms with Crippen LogP contribution in [0.25, 0.3) is 0 Å². The summed E-state index contributed by atoms with van der Waals surface area (Å²) in [5, 5.41) is 0. The molecule has 1 aromatic heterocycles. The maximum Gasteiger partial charge on any atom is 0.285 e. The maximum atomic E-state index is 3.85. The molecule has 5 aromatic rings. The summed E-state index contributed by atoms with van der Waals surface area (Å²) >= 11 is 0. The van der Waals surface area contributed by atoms with E-state index in [0.29, 0.717) is 0 Å². The Bertz CT molecular complexity index is 1030. The van der Waals surface area contributed by atoms with E-state index >= 15 is 0 Å². The Morgan fingerprint density at radius 3 is 1.06 bits per heavy atom. The van der Waals surface area contributed by atoms with Gasteiger partial charge in [0.1, 0.15) is 12.3 Å². The van der Waals surface area contributed by atoms with Crippen molar-refractivity contribution in [1.29, 1.82) is 0 Å². The molecular weight excluding hydrogens is 387 g/mol. The molecule has 0 radical (unpaired) electrons. The monoisotopic (exact) mass is 414 g/mol. The van der Waals surface area contributed by atoms with Gasteiger partial charge >= 0.3 is 0 Å². The van der Waals surface area contributed by atoms with Crippen LogP contribution in [0.15, 0.2) is 146 Å². The van der Waals surface area contributed by atoms with E-state index in [1.54, 1.807) is 12.5 Å². The van der Waals surface area contributed by atoms with E-state index in [1.807, 2.05) is 23.9 Å². The van der Waals surface area contributed by atoms with Gasteiger partial charge in [0.2, 0.25) is 0 Å². The molecule has 0 fully saturated rings. The van der Waals surface area contributed by atoms with Crippen molar-refractivity contribution < 1.29 is 4.57 Å². The minimum absolute atomic E-state index is 1.22. The molecule has 1 heterocycles. The lowest BCUT2D eigenvalue weighted by molar-refractivity contribution is -0.674. The Hall–Kier alpha value is -3.98. The van der Waals surface area contributed by atoms with Gasteiger partial charge in [0.25, 0.3) is 6.33 Å². The molecule has 0 N–H and O–H groups in total. The SMILES string of the molecule is C[n+]1cccnc1.c1ccc([B-](c2ccccc2)(c2ccccc2)c2ccccc2)cc1. The van der Waals surface area contributed by atoms with Crippen LogP contribution in [0.3, 0.4) is 0 Å². The van der Waals surface area contributed by atoms with Gasteiger partial charge in [-0.1, -0.05) is 126 Å². The average Bonchev–Trinajstić information content (AvgIpc) is 2.88. The van der Waals surface area contributed by atoms with Crippen molar-refractivity contribution in [2.75, 3.05) is 0 Å². The van der Waals surface area contributed by atoms with E-state index in [9.17, 15) is 0 Å². The van der Waals surface area contributed by atoms with E-state index in [0.717, 1.165) is 0 Å². The zero-order chi connectivity index (χ0) is 22.1. The van der Waals surface area contributed by atoms with Crippen LogP contribution in [-0.4, -0.2) is 11.1 Å². The Kier molecular flexibility index (Phi) is 6.89. The lowest BCUT2D eigenvalue weighted by Gasteiger charge is -2.44. The predicted octanol–water partition coefficient (Wildman–Crippen LogP) is 2.97. The van der Waals surface area contributed by atoms with Gasteiger partial charge in [-0.2, -0.15) is 21.9 Å². The zero-order valence-electron chi connectivity index (χ0n) is 18.3. The van der Waals surface area contributed by atoms with Crippen molar-refractivity contribution in [3.8, 4) is 0 Å². The van der Waals surface area contributed by atoms with E-state index in [4.69, 9.17) is 0 Å². The molecule has 4 aromatic carbocycles. The number of hydrogen-bond donors (Lipinski definition) is 0. The lowest BCUT2D eigenvalue weighted by atomic mass is 9.13. The number of benzene rings is 4. The van der Waals surface area contributed by atoms with Crippen LogP contribution < -0.4 is 26.4 Å². The molecule has 2 nitrogen and oxygen atoms in total. The second kappa shape index (κ2) is 10.4. The normalized spacial score (nSPS) is 10.7. The lowest BCUT2D eigenvalue weighted by Crippen LogP contribution is -2.74. The van der Waals surface area contributed by atoms with Gasteiger partial charge in [-0.25, -0.2) is 4.57 Å². The van der Waals surface area contributed by atoms with E-state index in [-0.39, 0.29) is 0 Å². The highest BCUT2D eigenvalue weighted by Crippen LogP contribution is 2.09. The van der Waals surface area contributed by atoms with Crippen LogP contribution in [0, 0.1) is 0 Å². The first-order valence-electron chi connectivity index (χ1n) is 10.9. The first kappa shape index (κ1) is 21.3. The van der Waals surface area contributed by atoms with Gasteiger partial charge in [0.05, 0.1) is 13.2 Å². The minimum Gasteiger partial charge on any atom is -0.240 e. The van der Waals surface area contributed by atoms with E-state index in [2.05, 4.69) is 126 Å². The molecule has 0 bridgehead atoms. The fourth-order valence-electron chi connectivity index (χ4n) is 4.53. The van der Waals surface area contributed by atoms with Crippen molar-refractivity contribution in [2.24, 2.45) is 7.05 Å². The summed E-state index contributed by atoms with van der Waals surface area (Å²) in [6.07, 6.45) is 4.22. The maximum absolute atomic E-state index is 3.85. The number of rotatable bonds is 4. The van der Waals surface area contributed by atoms with Crippen LogP contribution in [-0.2, 0) is 7.05 Å². The summed E-state index contributed by atoms with van der Waals surface area (Å²) in [5.41, 5.74) is 5.36. The standard InChI is InChI=1S/C24H20B.C5H7N2/c1-5-13-21(14-6-1)25(22-15-7-2-8-16-22,23-17-9-3-10-18-23)24-19-11-4-12-20-24;1-7-4-2-3-6-5-7/h1-20H;2-5H,1H3/q-1;+1. The molecule has 0 saturated heterocycles. The van der Waals surface area contributed by atoms with Crippen LogP contribution in [0.2, 0.25) is 0 Å². The number of aryl methyl sites for hydroxylation is 1. The van der Waals surface area contributed by atoms with Gasteiger partial charge in [0.15, 0.2) is 0 Å². The number of hydrogen-bond acceptors (Lipinski definition) is 1. The molecule has 0 aliphatic rings. The summed E-state index contributed by atoms with van der Waals surface area (Å²) in [4.78, 5) is 3.85. The van der Waals surface area contributed by atoms with Crippen molar-refractivity contribution >= 4 is 28.0 Å². The summed E-state index contributed by atoms with van der Waals surface area (Å²) in [6, 6.07) is 45.4. The van der Waals surface area contributed by atoms with Crippen LogP contribution in [0.4, 0.5) is 0 Å². The van der Waals surface area contributed by atoms with Crippen molar-refractivity contribution in [3.63, 3.8) is 0 Å². The van der Waals surface area contributed by atoms with Crippen molar-refractivity contribution in [3.05, 3.63) is 146 Å². The summed E-state index contributed by atoms with van der Waals surface area (Å²) in [7, 11) is 1.94. The third kappa shape index (κ3) is 4.52. The Labute approximate surface area is 190 Å². The highest BCUT2D eigenvalue weighted by Gasteiger charge is 2.30. The van der Waals surface area contributed by atoms with Crippen LogP contribution >= 0.6 is 0 Å². The molecule has 156 valence electrons. The second-order valence-corrected chi connectivity index (χ2v) is 7.93. The molecule has 0 saturated carbocycles. The van der Waals surface area contributed by atoms with Gasteiger partial charge in [-0.15, -0.1) is 0 Å². The van der Waals surface area contributed by atoms with Gasteiger partial charge in [-0.3, -0.25) is 0 Å². The number of aromatic nitrogens is 2. The van der Waals surface area contributed by atoms with E-state index in [1.165, 1.54) is 21.9 Å². The van der Waals surface area contributed by atoms with Gasteiger partial charge in [0, 0.05) is 6.07 Å². The Morgan fingerprint density at radius 1 is 0.500 bits per heavy atom. The smallest absolute Gasteiger partial charge is 0.240 e. The molecule has 0 spiro atoms. The first-order chi connectivity index (χ1) is 15.8. The second-order valence-electron chi connectivity index (χ2n) is 7.93. The molecule has 3 heteroatoms. The molecule has 32 heavy (non-hydrogen) atoms. The van der Waals surface area contributed by atoms with E-state index < -0.39 is 6.15 Å². The number of nitrogens with zero attached hydrogens (tertiary/aromatic N) is 2. The highest BCUT2D eigenvalue weighted by atomic mass is 15.0. The van der Waals surface area contributed by atoms with Gasteiger partial charge in [-0.05, 0) is 0 Å². The predicted molar refractivity (Wildman–Crippen MR) is 135 cm³/mol. The fourth-order valence-corrected chi connectivity index (χ4v) is 4.53. The molecule has 0 unspecified atom stereocenters. The van der Waals surface area contributed by atoms with Crippen molar-refractivity contribution in [1.82, 2.24) is 4.98 Å². The topological polar surface area (TPSA) is 16.8 Å². The average molecular weight is 414 g/mol. The molecule has 0 aliphatic heterocycles. The first-order valence-corrected chi connectivity index (χ1v) is 10.9. The minimum atomic E-state index is -1.22. The molecule has 0 aliphatic carbocycles. The van der Waals surface area contributed by atoms with Crippen LogP contribution in [0.1, 0.15) is 0 Å². The molecule has 0 amide bonds. The third-order valence-electron chi connectivity index (χ3n) is 5.94.